The Balaban J connectivity index is 2.71. The van der Waals surface area contributed by atoms with Crippen molar-refractivity contribution < 1.29 is 8.42 Å². The first-order valence-electron chi connectivity index (χ1n) is 6.48. The molecule has 1 aromatic rings. The van der Waals surface area contributed by atoms with Crippen LogP contribution in [0.25, 0.3) is 0 Å². The second kappa shape index (κ2) is 4.11. The molecule has 0 radical (unpaired) electrons. The summed E-state index contributed by atoms with van der Waals surface area (Å²) in [5.74, 6) is 0. The molecule has 2 nitrogen and oxygen atoms in total. The molecule has 0 heterocycles. The minimum absolute atomic E-state index is 0.00895. The number of rotatable bonds is 1. The SMILES string of the molecule is C#CS(=O)(=O)c1ccc2c(c1)C(C)(C)CCC2(C)C. The van der Waals surface area contributed by atoms with Gasteiger partial charge in [-0.1, -0.05) is 33.8 Å². The largest absolute Gasteiger partial charge is 0.244 e. The number of benzene rings is 1. The Hall–Kier alpha value is -1.27. The summed E-state index contributed by atoms with van der Waals surface area (Å²) in [6.45, 7) is 8.73. The van der Waals surface area contributed by atoms with Crippen LogP contribution in [0.3, 0.4) is 0 Å². The molecule has 0 aliphatic heterocycles. The van der Waals surface area contributed by atoms with Gasteiger partial charge >= 0.3 is 0 Å². The van der Waals surface area contributed by atoms with Crippen LogP contribution >= 0.6 is 0 Å². The Morgan fingerprint density at radius 3 is 2.11 bits per heavy atom. The zero-order valence-corrected chi connectivity index (χ0v) is 12.8. The minimum Gasteiger partial charge on any atom is -0.210 e. The molecule has 0 spiro atoms. The Kier molecular flexibility index (Phi) is 3.06. The predicted octanol–water partition coefficient (Wildman–Crippen LogP) is 3.40. The summed E-state index contributed by atoms with van der Waals surface area (Å²) in [7, 11) is -3.59. The van der Waals surface area contributed by atoms with Crippen molar-refractivity contribution in [3.05, 3.63) is 29.3 Å². The number of hydrogen-bond acceptors (Lipinski definition) is 2. The molecule has 0 unspecified atom stereocenters. The summed E-state index contributed by atoms with van der Waals surface area (Å²) in [4.78, 5) is 0.236. The van der Waals surface area contributed by atoms with Crippen LogP contribution in [0, 0.1) is 11.7 Å². The van der Waals surface area contributed by atoms with Gasteiger partial charge in [-0.05, 0) is 46.9 Å². The number of terminal acetylenes is 1. The van der Waals surface area contributed by atoms with Gasteiger partial charge in [-0.25, -0.2) is 8.42 Å². The van der Waals surface area contributed by atoms with Crippen molar-refractivity contribution in [1.29, 1.82) is 0 Å². The molecule has 0 atom stereocenters. The fraction of sp³-hybridized carbons (Fsp3) is 0.500. The molecule has 0 bridgehead atoms. The quantitative estimate of drug-likeness (QED) is 0.582. The second-order valence-corrected chi connectivity index (χ2v) is 8.31. The summed E-state index contributed by atoms with van der Waals surface area (Å²) < 4.78 is 23.6. The van der Waals surface area contributed by atoms with E-state index in [-0.39, 0.29) is 15.7 Å². The normalized spacial score (nSPS) is 20.4. The topological polar surface area (TPSA) is 34.1 Å². The van der Waals surface area contributed by atoms with Crippen LogP contribution in [0.15, 0.2) is 23.1 Å². The highest BCUT2D eigenvalue weighted by Crippen LogP contribution is 2.46. The fourth-order valence-electron chi connectivity index (χ4n) is 2.80. The third-order valence-corrected chi connectivity index (χ3v) is 5.47. The average molecular weight is 276 g/mol. The number of fused-ring (bicyclic) bond motifs is 1. The summed E-state index contributed by atoms with van der Waals surface area (Å²) in [5.41, 5.74) is 2.42. The van der Waals surface area contributed by atoms with Gasteiger partial charge in [0.15, 0.2) is 0 Å². The molecule has 0 N–H and O–H groups in total. The number of sulfone groups is 1. The van der Waals surface area contributed by atoms with E-state index >= 15 is 0 Å². The van der Waals surface area contributed by atoms with Gasteiger partial charge in [-0.15, -0.1) is 6.42 Å². The zero-order valence-electron chi connectivity index (χ0n) is 11.9. The molecule has 102 valence electrons. The standard InChI is InChI=1S/C16H20O2S/c1-6-19(17,18)12-7-8-13-14(11-12)16(4,5)10-9-15(13,2)3/h1,7-8,11H,9-10H2,2-5H3. The van der Waals surface area contributed by atoms with E-state index < -0.39 is 9.84 Å². The van der Waals surface area contributed by atoms with Crippen molar-refractivity contribution in [1.82, 2.24) is 0 Å². The average Bonchev–Trinajstić information content (AvgIpc) is 2.35. The highest BCUT2D eigenvalue weighted by Gasteiger charge is 2.37. The van der Waals surface area contributed by atoms with E-state index in [0.29, 0.717) is 0 Å². The summed E-state index contributed by atoms with van der Waals surface area (Å²) >= 11 is 0. The van der Waals surface area contributed by atoms with E-state index in [1.165, 1.54) is 5.56 Å². The van der Waals surface area contributed by atoms with E-state index in [9.17, 15) is 8.42 Å². The predicted molar refractivity (Wildman–Crippen MR) is 77.7 cm³/mol. The molecule has 0 fully saturated rings. The lowest BCUT2D eigenvalue weighted by Crippen LogP contribution is -2.34. The highest BCUT2D eigenvalue weighted by atomic mass is 32.2. The maximum absolute atomic E-state index is 11.8. The first-order valence-corrected chi connectivity index (χ1v) is 7.96. The van der Waals surface area contributed by atoms with E-state index in [0.717, 1.165) is 18.4 Å². The van der Waals surface area contributed by atoms with Crippen LogP contribution in [0.4, 0.5) is 0 Å². The van der Waals surface area contributed by atoms with Crippen molar-refractivity contribution in [3.8, 4) is 11.7 Å². The first kappa shape index (κ1) is 14.1. The lowest BCUT2D eigenvalue weighted by atomic mass is 9.63. The van der Waals surface area contributed by atoms with Crippen molar-refractivity contribution in [2.75, 3.05) is 0 Å². The van der Waals surface area contributed by atoms with Gasteiger partial charge in [0.2, 0.25) is 9.84 Å². The summed E-state index contributed by atoms with van der Waals surface area (Å²) in [6.07, 6.45) is 7.25. The van der Waals surface area contributed by atoms with Gasteiger partial charge in [0, 0.05) is 5.25 Å². The smallest absolute Gasteiger partial charge is 0.210 e. The zero-order chi connectivity index (χ0) is 14.5. The molecular formula is C16H20O2S. The van der Waals surface area contributed by atoms with E-state index in [1.807, 2.05) is 11.3 Å². The van der Waals surface area contributed by atoms with Crippen molar-refractivity contribution in [3.63, 3.8) is 0 Å². The third kappa shape index (κ3) is 2.30. The van der Waals surface area contributed by atoms with Crippen LogP contribution in [-0.2, 0) is 20.7 Å². The molecule has 3 heteroatoms. The summed E-state index contributed by atoms with van der Waals surface area (Å²) in [5, 5.41) is 1.88. The van der Waals surface area contributed by atoms with Crippen molar-refractivity contribution in [2.24, 2.45) is 0 Å². The Morgan fingerprint density at radius 1 is 1.05 bits per heavy atom. The van der Waals surface area contributed by atoms with E-state index in [1.54, 1.807) is 12.1 Å². The molecule has 2 rings (SSSR count). The second-order valence-electron chi connectivity index (χ2n) is 6.60. The van der Waals surface area contributed by atoms with Crippen LogP contribution < -0.4 is 0 Å². The van der Waals surface area contributed by atoms with Crippen molar-refractivity contribution >= 4 is 9.84 Å². The lowest BCUT2D eigenvalue weighted by molar-refractivity contribution is 0.331. The van der Waals surface area contributed by atoms with Gasteiger partial charge in [-0.3, -0.25) is 0 Å². The third-order valence-electron chi connectivity index (χ3n) is 4.29. The fourth-order valence-corrected chi connectivity index (χ4v) is 3.46. The van der Waals surface area contributed by atoms with Crippen LogP contribution in [0.5, 0.6) is 0 Å². The molecule has 19 heavy (non-hydrogen) atoms. The molecule has 1 aliphatic rings. The van der Waals surface area contributed by atoms with Crippen LogP contribution in [-0.4, -0.2) is 8.42 Å². The molecule has 1 aliphatic carbocycles. The van der Waals surface area contributed by atoms with E-state index in [2.05, 4.69) is 27.7 Å². The van der Waals surface area contributed by atoms with E-state index in [4.69, 9.17) is 6.42 Å². The van der Waals surface area contributed by atoms with Gasteiger partial charge < -0.3 is 0 Å². The monoisotopic (exact) mass is 276 g/mol. The molecule has 0 amide bonds. The Labute approximate surface area is 116 Å². The van der Waals surface area contributed by atoms with Gasteiger partial charge in [-0.2, -0.15) is 0 Å². The number of hydrogen-bond donors (Lipinski definition) is 0. The Bertz CT molecular complexity index is 658. The summed E-state index contributed by atoms with van der Waals surface area (Å²) in [6, 6.07) is 5.34. The highest BCUT2D eigenvalue weighted by molar-refractivity contribution is 7.96. The van der Waals surface area contributed by atoms with Gasteiger partial charge in [0.1, 0.15) is 0 Å². The maximum Gasteiger partial charge on any atom is 0.244 e. The minimum atomic E-state index is -3.59. The van der Waals surface area contributed by atoms with Crippen molar-refractivity contribution in [2.45, 2.75) is 56.3 Å². The molecule has 0 saturated carbocycles. The van der Waals surface area contributed by atoms with Crippen LogP contribution in [0.2, 0.25) is 0 Å². The lowest BCUT2D eigenvalue weighted by Gasteiger charge is -2.41. The maximum atomic E-state index is 11.8. The molecule has 1 aromatic carbocycles. The van der Waals surface area contributed by atoms with Gasteiger partial charge in [0.25, 0.3) is 0 Å². The Morgan fingerprint density at radius 2 is 1.58 bits per heavy atom. The molecule has 0 saturated heterocycles. The molecule has 0 aromatic heterocycles. The van der Waals surface area contributed by atoms with Crippen LogP contribution in [0.1, 0.15) is 51.7 Å². The van der Waals surface area contributed by atoms with Gasteiger partial charge in [0.05, 0.1) is 4.90 Å². The molecular weight excluding hydrogens is 256 g/mol. The first-order chi connectivity index (χ1) is 8.60.